The standard InChI is InChI=1S/C18H26N2O5/c1-13-9-15(17(21)22)12-20(11-13)18(23)19-10-14-5-3-4-6-16(14)25-8-7-24-2/h3-6,13,15H,7-12H2,1-2H3,(H,19,23)(H,21,22). The topological polar surface area (TPSA) is 88.1 Å². The number of urea groups is 1. The molecule has 0 saturated carbocycles. The number of rotatable bonds is 7. The summed E-state index contributed by atoms with van der Waals surface area (Å²) in [6, 6.07) is 7.25. The number of carbonyl (C=O) groups excluding carboxylic acids is 1. The highest BCUT2D eigenvalue weighted by Crippen LogP contribution is 2.22. The fourth-order valence-corrected chi connectivity index (χ4v) is 3.00. The van der Waals surface area contributed by atoms with Gasteiger partial charge in [0, 0.05) is 32.3 Å². The predicted octanol–water partition coefficient (Wildman–Crippen LogP) is 1.96. The number of benzene rings is 1. The molecule has 1 saturated heterocycles. The van der Waals surface area contributed by atoms with Crippen LogP contribution in [0.15, 0.2) is 24.3 Å². The highest BCUT2D eigenvalue weighted by atomic mass is 16.5. The number of carboxylic acid groups (broad SMARTS) is 1. The number of nitrogens with zero attached hydrogens (tertiary/aromatic N) is 1. The molecule has 138 valence electrons. The molecule has 1 fully saturated rings. The van der Waals surface area contributed by atoms with E-state index in [2.05, 4.69) is 5.32 Å². The van der Waals surface area contributed by atoms with E-state index in [9.17, 15) is 14.7 Å². The van der Waals surface area contributed by atoms with Crippen molar-refractivity contribution in [3.8, 4) is 5.75 Å². The van der Waals surface area contributed by atoms with Crippen molar-refractivity contribution in [3.05, 3.63) is 29.8 Å². The third-order valence-electron chi connectivity index (χ3n) is 4.24. The quantitative estimate of drug-likeness (QED) is 0.734. The second-order valence-electron chi connectivity index (χ2n) is 6.39. The van der Waals surface area contributed by atoms with Gasteiger partial charge in [-0.1, -0.05) is 25.1 Å². The van der Waals surface area contributed by atoms with Crippen LogP contribution in [-0.2, 0) is 16.1 Å². The van der Waals surface area contributed by atoms with Crippen LogP contribution in [0.3, 0.4) is 0 Å². The fraction of sp³-hybridized carbons (Fsp3) is 0.556. The monoisotopic (exact) mass is 350 g/mol. The van der Waals surface area contributed by atoms with Gasteiger partial charge in [0.1, 0.15) is 12.4 Å². The Labute approximate surface area is 147 Å². The molecule has 2 amide bonds. The molecule has 1 aromatic carbocycles. The molecule has 1 aliphatic rings. The van der Waals surface area contributed by atoms with Gasteiger partial charge < -0.3 is 24.8 Å². The van der Waals surface area contributed by atoms with Gasteiger partial charge in [-0.3, -0.25) is 4.79 Å². The van der Waals surface area contributed by atoms with Crippen molar-refractivity contribution < 1.29 is 24.2 Å². The van der Waals surface area contributed by atoms with Gasteiger partial charge in [-0.2, -0.15) is 0 Å². The largest absolute Gasteiger partial charge is 0.491 e. The summed E-state index contributed by atoms with van der Waals surface area (Å²) in [4.78, 5) is 25.2. The highest BCUT2D eigenvalue weighted by molar-refractivity contribution is 5.76. The molecule has 0 radical (unpaired) electrons. The first-order chi connectivity index (χ1) is 12.0. The molecule has 0 aliphatic carbocycles. The molecule has 2 atom stereocenters. The number of methoxy groups -OCH3 is 1. The van der Waals surface area contributed by atoms with E-state index in [1.165, 1.54) is 0 Å². The maximum absolute atomic E-state index is 12.4. The molecule has 0 aromatic heterocycles. The third kappa shape index (κ3) is 5.63. The molecule has 2 unspecified atom stereocenters. The van der Waals surface area contributed by atoms with Crippen LogP contribution in [0.4, 0.5) is 4.79 Å². The SMILES string of the molecule is COCCOc1ccccc1CNC(=O)N1CC(C)CC(C(=O)O)C1. The summed E-state index contributed by atoms with van der Waals surface area (Å²) < 4.78 is 10.6. The Morgan fingerprint density at radius 1 is 1.28 bits per heavy atom. The minimum Gasteiger partial charge on any atom is -0.491 e. The van der Waals surface area contributed by atoms with Crippen LogP contribution < -0.4 is 10.1 Å². The van der Waals surface area contributed by atoms with E-state index in [-0.39, 0.29) is 18.5 Å². The molecule has 0 spiro atoms. The zero-order valence-electron chi connectivity index (χ0n) is 14.7. The van der Waals surface area contributed by atoms with Crippen molar-refractivity contribution >= 4 is 12.0 Å². The molecule has 7 heteroatoms. The van der Waals surface area contributed by atoms with Crippen molar-refractivity contribution in [1.82, 2.24) is 10.2 Å². The van der Waals surface area contributed by atoms with Crippen molar-refractivity contribution in [2.24, 2.45) is 11.8 Å². The first kappa shape index (κ1) is 19.1. The second-order valence-corrected chi connectivity index (χ2v) is 6.39. The molecule has 25 heavy (non-hydrogen) atoms. The number of carboxylic acids is 1. The number of aliphatic carboxylic acids is 1. The number of hydrogen-bond acceptors (Lipinski definition) is 4. The Morgan fingerprint density at radius 2 is 2.04 bits per heavy atom. The van der Waals surface area contributed by atoms with Gasteiger partial charge in [0.25, 0.3) is 0 Å². The van der Waals surface area contributed by atoms with E-state index < -0.39 is 11.9 Å². The lowest BCUT2D eigenvalue weighted by Gasteiger charge is -2.34. The van der Waals surface area contributed by atoms with E-state index in [4.69, 9.17) is 9.47 Å². The van der Waals surface area contributed by atoms with Gasteiger partial charge in [-0.25, -0.2) is 4.79 Å². The second kappa shape index (κ2) is 9.27. The average Bonchev–Trinajstić information content (AvgIpc) is 2.60. The minimum atomic E-state index is -0.846. The molecule has 1 aromatic rings. The van der Waals surface area contributed by atoms with Gasteiger partial charge in [0.2, 0.25) is 0 Å². The minimum absolute atomic E-state index is 0.172. The summed E-state index contributed by atoms with van der Waals surface area (Å²) in [6.45, 7) is 4.03. The van der Waals surface area contributed by atoms with Crippen LogP contribution in [0.2, 0.25) is 0 Å². The lowest BCUT2D eigenvalue weighted by atomic mass is 9.91. The summed E-state index contributed by atoms with van der Waals surface area (Å²) in [5, 5.41) is 12.1. The Balaban J connectivity index is 1.92. The van der Waals surface area contributed by atoms with Gasteiger partial charge in [-0.15, -0.1) is 0 Å². The number of ether oxygens (including phenoxy) is 2. The molecular formula is C18H26N2O5. The summed E-state index contributed by atoms with van der Waals surface area (Å²) in [5.74, 6) is -0.471. The summed E-state index contributed by atoms with van der Waals surface area (Å²) in [5.41, 5.74) is 0.867. The summed E-state index contributed by atoms with van der Waals surface area (Å²) >= 11 is 0. The molecule has 2 rings (SSSR count). The zero-order chi connectivity index (χ0) is 18.2. The van der Waals surface area contributed by atoms with Crippen molar-refractivity contribution in [2.45, 2.75) is 19.9 Å². The lowest BCUT2D eigenvalue weighted by Crippen LogP contribution is -2.49. The zero-order valence-corrected chi connectivity index (χ0v) is 14.7. The molecule has 1 heterocycles. The molecule has 2 N–H and O–H groups in total. The number of amides is 2. The van der Waals surface area contributed by atoms with Crippen LogP contribution in [-0.4, -0.2) is 55.4 Å². The van der Waals surface area contributed by atoms with Crippen LogP contribution in [0.5, 0.6) is 5.75 Å². The Bertz CT molecular complexity index is 593. The van der Waals surface area contributed by atoms with Gasteiger partial charge in [0.15, 0.2) is 0 Å². The first-order valence-corrected chi connectivity index (χ1v) is 8.46. The summed E-state index contributed by atoms with van der Waals surface area (Å²) in [6.07, 6.45) is 0.606. The lowest BCUT2D eigenvalue weighted by molar-refractivity contribution is -0.143. The number of likely N-dealkylation sites (tertiary alicyclic amines) is 1. The van der Waals surface area contributed by atoms with E-state index >= 15 is 0 Å². The van der Waals surface area contributed by atoms with Crippen LogP contribution >= 0.6 is 0 Å². The Kier molecular flexibility index (Phi) is 7.06. The van der Waals surface area contributed by atoms with Gasteiger partial charge in [0.05, 0.1) is 12.5 Å². The van der Waals surface area contributed by atoms with Crippen molar-refractivity contribution in [3.63, 3.8) is 0 Å². The molecule has 7 nitrogen and oxygen atoms in total. The predicted molar refractivity (Wildman–Crippen MR) is 92.5 cm³/mol. The van der Waals surface area contributed by atoms with E-state index in [1.807, 2.05) is 31.2 Å². The van der Waals surface area contributed by atoms with E-state index in [1.54, 1.807) is 12.0 Å². The molecule has 1 aliphatic heterocycles. The van der Waals surface area contributed by atoms with E-state index in [0.29, 0.717) is 38.5 Å². The van der Waals surface area contributed by atoms with Crippen molar-refractivity contribution in [2.75, 3.05) is 33.4 Å². The molecule has 0 bridgehead atoms. The Morgan fingerprint density at radius 3 is 2.76 bits per heavy atom. The molecular weight excluding hydrogens is 324 g/mol. The first-order valence-electron chi connectivity index (χ1n) is 8.46. The van der Waals surface area contributed by atoms with Gasteiger partial charge >= 0.3 is 12.0 Å². The van der Waals surface area contributed by atoms with Crippen molar-refractivity contribution in [1.29, 1.82) is 0 Å². The number of carbonyl (C=O) groups is 2. The Hall–Kier alpha value is -2.28. The number of para-hydroxylation sites is 1. The maximum atomic E-state index is 12.4. The normalized spacial score (nSPS) is 20.2. The smallest absolute Gasteiger partial charge is 0.317 e. The average molecular weight is 350 g/mol. The van der Waals surface area contributed by atoms with E-state index in [0.717, 1.165) is 5.56 Å². The number of piperidine rings is 1. The maximum Gasteiger partial charge on any atom is 0.317 e. The van der Waals surface area contributed by atoms with Gasteiger partial charge in [-0.05, 0) is 18.4 Å². The fourth-order valence-electron chi connectivity index (χ4n) is 3.00. The summed E-state index contributed by atoms with van der Waals surface area (Å²) in [7, 11) is 1.61. The highest BCUT2D eigenvalue weighted by Gasteiger charge is 2.31. The van der Waals surface area contributed by atoms with Crippen LogP contribution in [0.1, 0.15) is 18.9 Å². The van der Waals surface area contributed by atoms with Crippen LogP contribution in [0, 0.1) is 11.8 Å². The third-order valence-corrected chi connectivity index (χ3v) is 4.24. The number of nitrogens with one attached hydrogen (secondary N) is 1. The number of hydrogen-bond donors (Lipinski definition) is 2. The van der Waals surface area contributed by atoms with Crippen LogP contribution in [0.25, 0.3) is 0 Å².